The van der Waals surface area contributed by atoms with Gasteiger partial charge in [0.05, 0.1) is 13.2 Å². The van der Waals surface area contributed by atoms with Crippen LogP contribution in [0.5, 0.6) is 5.75 Å². The van der Waals surface area contributed by atoms with Gasteiger partial charge in [0, 0.05) is 4.47 Å². The molecule has 0 aliphatic heterocycles. The largest absolute Gasteiger partial charge is 0.490 e. The van der Waals surface area contributed by atoms with E-state index in [0.717, 1.165) is 10.0 Å². The Labute approximate surface area is 120 Å². The van der Waals surface area contributed by atoms with E-state index in [1.165, 1.54) is 6.33 Å². The number of rotatable bonds is 4. The van der Waals surface area contributed by atoms with Crippen molar-refractivity contribution in [3.05, 3.63) is 40.6 Å². The van der Waals surface area contributed by atoms with Crippen molar-refractivity contribution in [1.29, 1.82) is 0 Å². The summed E-state index contributed by atoms with van der Waals surface area (Å²) in [6.07, 6.45) is 1.41. The van der Waals surface area contributed by atoms with Gasteiger partial charge in [0.1, 0.15) is 6.33 Å². The van der Waals surface area contributed by atoms with Crippen molar-refractivity contribution in [2.45, 2.75) is 13.0 Å². The second-order valence-corrected chi connectivity index (χ2v) is 4.98. The first-order chi connectivity index (χ1) is 9.11. The van der Waals surface area contributed by atoms with Crippen LogP contribution in [0.15, 0.2) is 35.1 Å². The smallest absolute Gasteiger partial charge is 0.203 e. The van der Waals surface area contributed by atoms with Gasteiger partial charge in [-0.2, -0.15) is 0 Å². The lowest BCUT2D eigenvalue weighted by molar-refractivity contribution is 0.415. The zero-order valence-corrected chi connectivity index (χ0v) is 12.3. The average molecular weight is 323 g/mol. The number of benzene rings is 1. The Balaban J connectivity index is 2.24. The second kappa shape index (κ2) is 5.88. The molecule has 0 aliphatic carbocycles. The highest BCUT2D eigenvalue weighted by atomic mass is 79.9. The van der Waals surface area contributed by atoms with Crippen molar-refractivity contribution in [2.24, 2.45) is 0 Å². The predicted molar refractivity (Wildman–Crippen MR) is 79.2 cm³/mol. The quantitative estimate of drug-likeness (QED) is 0.905. The normalized spacial score (nSPS) is 11.9. The van der Waals surface area contributed by atoms with Crippen LogP contribution in [0.4, 0.5) is 11.6 Å². The number of methoxy groups -OCH3 is 1. The van der Waals surface area contributed by atoms with Crippen molar-refractivity contribution in [3.63, 3.8) is 0 Å². The molecule has 1 unspecified atom stereocenters. The SMILES string of the molecule is COc1c(N)ncnc1NC(C)c1cccc(Br)c1. The number of anilines is 2. The zero-order valence-electron chi connectivity index (χ0n) is 10.7. The monoisotopic (exact) mass is 322 g/mol. The van der Waals surface area contributed by atoms with E-state index in [2.05, 4.69) is 37.3 Å². The molecule has 0 saturated carbocycles. The van der Waals surface area contributed by atoms with E-state index in [9.17, 15) is 0 Å². The molecule has 0 saturated heterocycles. The van der Waals surface area contributed by atoms with Gasteiger partial charge in [-0.25, -0.2) is 9.97 Å². The summed E-state index contributed by atoms with van der Waals surface area (Å²) < 4.78 is 6.25. The molecule has 0 radical (unpaired) electrons. The number of hydrogen-bond donors (Lipinski definition) is 2. The molecule has 0 spiro atoms. The van der Waals surface area contributed by atoms with E-state index in [1.54, 1.807) is 7.11 Å². The minimum atomic E-state index is 0.0701. The molecule has 0 fully saturated rings. The highest BCUT2D eigenvalue weighted by Gasteiger charge is 2.13. The molecular formula is C13H15BrN4O. The van der Waals surface area contributed by atoms with Crippen molar-refractivity contribution >= 4 is 27.6 Å². The van der Waals surface area contributed by atoms with Gasteiger partial charge in [0.2, 0.25) is 5.75 Å². The summed E-state index contributed by atoms with van der Waals surface area (Å²) in [5.74, 6) is 1.37. The van der Waals surface area contributed by atoms with Crippen LogP contribution < -0.4 is 15.8 Å². The summed E-state index contributed by atoms with van der Waals surface area (Å²) in [5, 5.41) is 3.27. The van der Waals surface area contributed by atoms with Crippen LogP contribution in [0.3, 0.4) is 0 Å². The van der Waals surface area contributed by atoms with Crippen LogP contribution in [0, 0.1) is 0 Å². The summed E-state index contributed by atoms with van der Waals surface area (Å²) >= 11 is 3.46. The number of hydrogen-bond acceptors (Lipinski definition) is 5. The molecule has 5 nitrogen and oxygen atoms in total. The average Bonchev–Trinajstić information content (AvgIpc) is 2.39. The summed E-state index contributed by atoms with van der Waals surface area (Å²) in [6, 6.07) is 8.14. The van der Waals surface area contributed by atoms with Crippen molar-refractivity contribution in [2.75, 3.05) is 18.2 Å². The number of nitrogen functional groups attached to an aromatic ring is 1. The molecule has 0 bridgehead atoms. The van der Waals surface area contributed by atoms with Crippen molar-refractivity contribution in [1.82, 2.24) is 9.97 Å². The highest BCUT2D eigenvalue weighted by Crippen LogP contribution is 2.30. The maximum absolute atomic E-state index is 5.75. The Hall–Kier alpha value is -1.82. The molecule has 1 aromatic carbocycles. The Bertz CT molecular complexity index is 576. The van der Waals surface area contributed by atoms with Gasteiger partial charge in [-0.15, -0.1) is 0 Å². The Morgan fingerprint density at radius 2 is 2.16 bits per heavy atom. The molecule has 0 aliphatic rings. The van der Waals surface area contributed by atoms with Crippen LogP contribution in [-0.4, -0.2) is 17.1 Å². The predicted octanol–water partition coefficient (Wildman–Crippen LogP) is 3.00. The van der Waals surface area contributed by atoms with Crippen LogP contribution in [-0.2, 0) is 0 Å². The maximum Gasteiger partial charge on any atom is 0.203 e. The molecule has 6 heteroatoms. The molecule has 2 aromatic rings. The van der Waals surface area contributed by atoms with Gasteiger partial charge in [-0.05, 0) is 24.6 Å². The Morgan fingerprint density at radius 3 is 2.84 bits per heavy atom. The standard InChI is InChI=1S/C13H15BrN4O/c1-8(9-4-3-5-10(14)6-9)18-13-11(19-2)12(15)16-7-17-13/h3-8H,1-2H3,(H3,15,16,17,18). The summed E-state index contributed by atoms with van der Waals surface area (Å²) in [7, 11) is 1.55. The fraction of sp³-hybridized carbons (Fsp3) is 0.231. The van der Waals surface area contributed by atoms with Gasteiger partial charge >= 0.3 is 0 Å². The minimum absolute atomic E-state index is 0.0701. The van der Waals surface area contributed by atoms with Gasteiger partial charge in [-0.1, -0.05) is 28.1 Å². The molecule has 1 atom stereocenters. The molecule has 19 heavy (non-hydrogen) atoms. The summed E-state index contributed by atoms with van der Waals surface area (Å²) in [4.78, 5) is 8.06. The number of ether oxygens (including phenoxy) is 1. The minimum Gasteiger partial charge on any atom is -0.490 e. The Morgan fingerprint density at radius 1 is 1.37 bits per heavy atom. The van der Waals surface area contributed by atoms with Crippen LogP contribution in [0.2, 0.25) is 0 Å². The van der Waals surface area contributed by atoms with Crippen molar-refractivity contribution in [3.8, 4) is 5.75 Å². The molecule has 100 valence electrons. The number of nitrogens with two attached hydrogens (primary N) is 1. The molecular weight excluding hydrogens is 308 g/mol. The number of nitrogens with one attached hydrogen (secondary N) is 1. The first kappa shape index (κ1) is 13.6. The molecule has 2 rings (SSSR count). The second-order valence-electron chi connectivity index (χ2n) is 4.06. The van der Waals surface area contributed by atoms with Crippen LogP contribution in [0.1, 0.15) is 18.5 Å². The van der Waals surface area contributed by atoms with E-state index in [-0.39, 0.29) is 6.04 Å². The Kier molecular flexibility index (Phi) is 4.21. The molecule has 3 N–H and O–H groups in total. The summed E-state index contributed by atoms with van der Waals surface area (Å²) in [6.45, 7) is 2.04. The van der Waals surface area contributed by atoms with Crippen LogP contribution in [0.25, 0.3) is 0 Å². The first-order valence-electron chi connectivity index (χ1n) is 5.78. The topological polar surface area (TPSA) is 73.1 Å². The van der Waals surface area contributed by atoms with Crippen molar-refractivity contribution < 1.29 is 4.74 Å². The molecule has 1 heterocycles. The third-order valence-electron chi connectivity index (χ3n) is 2.74. The molecule has 0 amide bonds. The number of nitrogens with zero attached hydrogens (tertiary/aromatic N) is 2. The number of aromatic nitrogens is 2. The van der Waals surface area contributed by atoms with Crippen LogP contribution >= 0.6 is 15.9 Å². The van der Waals surface area contributed by atoms with E-state index in [0.29, 0.717) is 17.4 Å². The fourth-order valence-corrected chi connectivity index (χ4v) is 2.17. The highest BCUT2D eigenvalue weighted by molar-refractivity contribution is 9.10. The van der Waals surface area contributed by atoms with Gasteiger partial charge in [0.25, 0.3) is 0 Å². The van der Waals surface area contributed by atoms with E-state index in [4.69, 9.17) is 10.5 Å². The lowest BCUT2D eigenvalue weighted by Gasteiger charge is -2.17. The lowest BCUT2D eigenvalue weighted by Crippen LogP contribution is -2.10. The van der Waals surface area contributed by atoms with Gasteiger partial charge in [0.15, 0.2) is 11.6 Å². The van der Waals surface area contributed by atoms with E-state index in [1.807, 2.05) is 25.1 Å². The molecule has 1 aromatic heterocycles. The van der Waals surface area contributed by atoms with E-state index >= 15 is 0 Å². The maximum atomic E-state index is 5.75. The van der Waals surface area contributed by atoms with Gasteiger partial charge < -0.3 is 15.8 Å². The summed E-state index contributed by atoms with van der Waals surface area (Å²) in [5.41, 5.74) is 6.88. The fourth-order valence-electron chi connectivity index (χ4n) is 1.76. The lowest BCUT2D eigenvalue weighted by atomic mass is 10.1. The number of halogens is 1. The third kappa shape index (κ3) is 3.14. The van der Waals surface area contributed by atoms with Gasteiger partial charge in [-0.3, -0.25) is 0 Å². The van der Waals surface area contributed by atoms with E-state index < -0.39 is 0 Å². The zero-order chi connectivity index (χ0) is 13.8. The first-order valence-corrected chi connectivity index (χ1v) is 6.57. The third-order valence-corrected chi connectivity index (χ3v) is 3.23.